The zero-order valence-corrected chi connectivity index (χ0v) is 24.6. The second kappa shape index (κ2) is 9.62. The number of aromatic nitrogens is 2. The van der Waals surface area contributed by atoms with Crippen molar-refractivity contribution in [1.29, 1.82) is 0 Å². The Bertz CT molecular complexity index is 2490. The molecular formula is C42H24N2O2. The molecule has 0 bridgehead atoms. The Kier molecular flexibility index (Phi) is 5.25. The van der Waals surface area contributed by atoms with Crippen LogP contribution in [0.4, 0.5) is 0 Å². The lowest BCUT2D eigenvalue weighted by atomic mass is 9.85. The molecule has 0 spiro atoms. The van der Waals surface area contributed by atoms with Crippen molar-refractivity contribution in [3.63, 3.8) is 0 Å². The monoisotopic (exact) mass is 588 g/mol. The summed E-state index contributed by atoms with van der Waals surface area (Å²) in [5.74, 6) is 1.26. The highest BCUT2D eigenvalue weighted by atomic mass is 16.4. The van der Waals surface area contributed by atoms with Crippen LogP contribution in [0, 0.1) is 0 Å². The summed E-state index contributed by atoms with van der Waals surface area (Å²) in [4.78, 5) is 9.42. The highest BCUT2D eigenvalue weighted by Gasteiger charge is 2.18. The molecule has 0 unspecified atom stereocenters. The van der Waals surface area contributed by atoms with Crippen molar-refractivity contribution in [2.75, 3.05) is 0 Å². The Morgan fingerprint density at radius 1 is 0.370 bits per heavy atom. The molecule has 0 saturated carbocycles. The summed E-state index contributed by atoms with van der Waals surface area (Å²) in [7, 11) is 0. The second-order valence-electron chi connectivity index (χ2n) is 11.8. The van der Waals surface area contributed by atoms with Crippen molar-refractivity contribution in [2.45, 2.75) is 0 Å². The molecule has 46 heavy (non-hydrogen) atoms. The van der Waals surface area contributed by atoms with Gasteiger partial charge < -0.3 is 8.83 Å². The summed E-state index contributed by atoms with van der Waals surface area (Å²) >= 11 is 0. The minimum absolute atomic E-state index is 0.628. The summed E-state index contributed by atoms with van der Waals surface area (Å²) < 4.78 is 12.1. The predicted octanol–water partition coefficient (Wildman–Crippen LogP) is 11.5. The molecule has 8 aromatic carbocycles. The topological polar surface area (TPSA) is 52.1 Å². The lowest BCUT2D eigenvalue weighted by Gasteiger charge is -2.18. The van der Waals surface area contributed by atoms with Crippen LogP contribution in [0.3, 0.4) is 0 Å². The maximum Gasteiger partial charge on any atom is 0.227 e. The van der Waals surface area contributed by atoms with Crippen LogP contribution in [0.25, 0.3) is 99.7 Å². The summed E-state index contributed by atoms with van der Waals surface area (Å²) in [6.45, 7) is 0. The van der Waals surface area contributed by atoms with Gasteiger partial charge in [0, 0.05) is 11.1 Å². The molecule has 0 radical (unpaired) electrons. The zero-order valence-electron chi connectivity index (χ0n) is 24.6. The van der Waals surface area contributed by atoms with E-state index in [1.54, 1.807) is 0 Å². The van der Waals surface area contributed by atoms with Gasteiger partial charge in [-0.3, -0.25) is 0 Å². The van der Waals surface area contributed by atoms with Gasteiger partial charge in [-0.15, -0.1) is 0 Å². The van der Waals surface area contributed by atoms with Crippen molar-refractivity contribution in [3.05, 3.63) is 146 Å². The van der Waals surface area contributed by atoms with Gasteiger partial charge in [0.2, 0.25) is 11.8 Å². The van der Waals surface area contributed by atoms with Gasteiger partial charge in [0.15, 0.2) is 11.2 Å². The number of para-hydroxylation sites is 4. The summed E-state index contributed by atoms with van der Waals surface area (Å²) in [5, 5.41) is 7.55. The Morgan fingerprint density at radius 3 is 1.30 bits per heavy atom. The average Bonchev–Trinajstić information content (AvgIpc) is 3.76. The van der Waals surface area contributed by atoms with Crippen LogP contribution in [0.15, 0.2) is 154 Å². The SMILES string of the molecule is c1cc2ccc3c(-c4ccc(-c5nc6ccccc6o5)cc4)cc(-c4ccc(-c5nc6ccccc6o5)cc4)c4ccc(c1)c2c34. The third-order valence-electron chi connectivity index (χ3n) is 9.12. The first-order valence-electron chi connectivity index (χ1n) is 15.4. The molecule has 0 aliphatic heterocycles. The van der Waals surface area contributed by atoms with Gasteiger partial charge in [-0.05, 0) is 109 Å². The number of hydrogen-bond donors (Lipinski definition) is 0. The average molecular weight is 589 g/mol. The van der Waals surface area contributed by atoms with E-state index in [0.717, 1.165) is 44.5 Å². The fraction of sp³-hybridized carbons (Fsp3) is 0. The van der Waals surface area contributed by atoms with Crippen molar-refractivity contribution in [2.24, 2.45) is 0 Å². The maximum absolute atomic E-state index is 6.06. The van der Waals surface area contributed by atoms with E-state index in [1.807, 2.05) is 48.5 Å². The molecule has 0 atom stereocenters. The smallest absolute Gasteiger partial charge is 0.227 e. The number of fused-ring (bicyclic) bond motifs is 2. The largest absolute Gasteiger partial charge is 0.436 e. The van der Waals surface area contributed by atoms with Crippen LogP contribution in [0.1, 0.15) is 0 Å². The van der Waals surface area contributed by atoms with Crippen LogP contribution in [0.2, 0.25) is 0 Å². The van der Waals surface area contributed by atoms with Gasteiger partial charge in [-0.25, -0.2) is 9.97 Å². The molecule has 2 aromatic heterocycles. The number of oxazole rings is 2. The molecule has 4 nitrogen and oxygen atoms in total. The summed E-state index contributed by atoms with van der Waals surface area (Å²) in [6, 6.07) is 50.8. The number of benzene rings is 8. The molecule has 0 amide bonds. The van der Waals surface area contributed by atoms with E-state index in [4.69, 9.17) is 18.8 Å². The Balaban J connectivity index is 1.15. The fourth-order valence-electron chi connectivity index (χ4n) is 6.89. The predicted molar refractivity (Wildman–Crippen MR) is 187 cm³/mol. The van der Waals surface area contributed by atoms with Gasteiger partial charge in [-0.1, -0.05) is 91.0 Å². The minimum atomic E-state index is 0.628. The molecule has 0 aliphatic rings. The first kappa shape index (κ1) is 25.1. The Morgan fingerprint density at radius 2 is 0.826 bits per heavy atom. The van der Waals surface area contributed by atoms with Crippen LogP contribution in [-0.2, 0) is 0 Å². The molecule has 0 saturated heterocycles. The molecule has 4 heteroatoms. The van der Waals surface area contributed by atoms with Crippen LogP contribution < -0.4 is 0 Å². The number of nitrogens with zero attached hydrogens (tertiary/aromatic N) is 2. The van der Waals surface area contributed by atoms with E-state index in [-0.39, 0.29) is 0 Å². The third-order valence-corrected chi connectivity index (χ3v) is 9.12. The quantitative estimate of drug-likeness (QED) is 0.192. The number of rotatable bonds is 4. The Hall–Kier alpha value is -6.26. The van der Waals surface area contributed by atoms with Crippen LogP contribution >= 0.6 is 0 Å². The summed E-state index contributed by atoms with van der Waals surface area (Å²) in [6.07, 6.45) is 0. The molecule has 0 N–H and O–H groups in total. The first-order valence-corrected chi connectivity index (χ1v) is 15.4. The van der Waals surface area contributed by atoms with Gasteiger partial charge in [0.05, 0.1) is 0 Å². The lowest BCUT2D eigenvalue weighted by Crippen LogP contribution is -1.91. The normalized spacial score (nSPS) is 11.9. The van der Waals surface area contributed by atoms with Crippen LogP contribution in [0.5, 0.6) is 0 Å². The van der Waals surface area contributed by atoms with E-state index in [2.05, 4.69) is 97.1 Å². The van der Waals surface area contributed by atoms with Crippen molar-refractivity contribution >= 4 is 54.5 Å². The van der Waals surface area contributed by atoms with Gasteiger partial charge in [0.25, 0.3) is 0 Å². The molecule has 0 fully saturated rings. The molecule has 0 aliphatic carbocycles. The second-order valence-corrected chi connectivity index (χ2v) is 11.8. The van der Waals surface area contributed by atoms with Gasteiger partial charge in [-0.2, -0.15) is 0 Å². The first-order chi connectivity index (χ1) is 22.8. The maximum atomic E-state index is 6.06. The zero-order chi connectivity index (χ0) is 30.2. The molecule has 10 rings (SSSR count). The van der Waals surface area contributed by atoms with E-state index in [0.29, 0.717) is 11.8 Å². The van der Waals surface area contributed by atoms with E-state index < -0.39 is 0 Å². The van der Waals surface area contributed by atoms with Crippen molar-refractivity contribution in [3.8, 4) is 45.2 Å². The molecular weight excluding hydrogens is 564 g/mol. The van der Waals surface area contributed by atoms with E-state index in [9.17, 15) is 0 Å². The standard InChI is InChI=1S/C42H24N2O2/c1-3-10-37-35(8-1)43-41(45-37)29-16-12-25(13-17-29)33-24-34(32-23-21-28-7-5-6-27-20-22-31(33)40(32)39(27)28)26-14-18-30(19-15-26)42-44-36-9-2-4-11-38(36)46-42/h1-24H. The Labute approximate surface area is 263 Å². The van der Waals surface area contributed by atoms with Crippen molar-refractivity contribution < 1.29 is 8.83 Å². The van der Waals surface area contributed by atoms with E-state index in [1.165, 1.54) is 43.4 Å². The van der Waals surface area contributed by atoms with Gasteiger partial charge in [0.1, 0.15) is 11.0 Å². The van der Waals surface area contributed by atoms with Gasteiger partial charge >= 0.3 is 0 Å². The van der Waals surface area contributed by atoms with E-state index >= 15 is 0 Å². The number of hydrogen-bond acceptors (Lipinski definition) is 4. The van der Waals surface area contributed by atoms with Crippen LogP contribution in [-0.4, -0.2) is 9.97 Å². The molecule has 10 aromatic rings. The third kappa shape index (κ3) is 3.80. The minimum Gasteiger partial charge on any atom is -0.436 e. The molecule has 214 valence electrons. The summed E-state index contributed by atoms with van der Waals surface area (Å²) in [5.41, 5.74) is 9.87. The lowest BCUT2D eigenvalue weighted by molar-refractivity contribution is 0.619. The highest BCUT2D eigenvalue weighted by molar-refractivity contribution is 6.28. The van der Waals surface area contributed by atoms with Crippen molar-refractivity contribution in [1.82, 2.24) is 9.97 Å². The fourth-order valence-corrected chi connectivity index (χ4v) is 6.89. The molecule has 2 heterocycles. The highest BCUT2D eigenvalue weighted by Crippen LogP contribution is 2.44.